The summed E-state index contributed by atoms with van der Waals surface area (Å²) in [7, 11) is 0. The van der Waals surface area contributed by atoms with Crippen molar-refractivity contribution in [3.05, 3.63) is 41.1 Å². The molecule has 1 aromatic heterocycles. The van der Waals surface area contributed by atoms with Gasteiger partial charge in [0.15, 0.2) is 0 Å². The summed E-state index contributed by atoms with van der Waals surface area (Å²) in [6.45, 7) is 9.70. The smallest absolute Gasteiger partial charge is 0.318 e. The Kier molecular flexibility index (Phi) is 6.98. The molecular weight excluding hydrogens is 436 g/mol. The molecule has 10 heteroatoms. The molecule has 34 heavy (non-hydrogen) atoms. The standard InChI is InChI=1S/C24H30N6O4/c1-17-2-3-20-19(14-17)22(23(31)27-20)25-16-18-15-21(30-7-11-33-12-8-30)28-24(26-18)34-13-6-29-4-9-32-10-5-29/h2-3,14-15H,4-13,16H2,1H3,(H,25,27,31). The Labute approximate surface area is 198 Å². The van der Waals surface area contributed by atoms with Gasteiger partial charge in [-0.05, 0) is 19.1 Å². The van der Waals surface area contributed by atoms with Crippen molar-refractivity contribution in [3.8, 4) is 6.01 Å². The molecule has 1 aromatic carbocycles. The molecule has 0 radical (unpaired) electrons. The molecule has 0 aliphatic carbocycles. The third-order valence-electron chi connectivity index (χ3n) is 6.12. The summed E-state index contributed by atoms with van der Waals surface area (Å²) in [4.78, 5) is 30.8. The highest BCUT2D eigenvalue weighted by molar-refractivity contribution is 6.53. The van der Waals surface area contributed by atoms with Gasteiger partial charge in [-0.1, -0.05) is 11.6 Å². The molecule has 2 fully saturated rings. The minimum absolute atomic E-state index is 0.190. The van der Waals surface area contributed by atoms with Crippen LogP contribution in [0.3, 0.4) is 0 Å². The molecule has 0 saturated carbocycles. The van der Waals surface area contributed by atoms with E-state index in [1.807, 2.05) is 31.2 Å². The van der Waals surface area contributed by atoms with Crippen LogP contribution in [-0.2, 0) is 20.8 Å². The Morgan fingerprint density at radius 3 is 2.62 bits per heavy atom. The van der Waals surface area contributed by atoms with Crippen molar-refractivity contribution in [1.29, 1.82) is 0 Å². The number of fused-ring (bicyclic) bond motifs is 1. The van der Waals surface area contributed by atoms with Crippen molar-refractivity contribution in [2.24, 2.45) is 4.99 Å². The summed E-state index contributed by atoms with van der Waals surface area (Å²) in [5.74, 6) is 0.604. The number of anilines is 2. The number of amides is 1. The number of carbonyl (C=O) groups excluding carboxylic acids is 1. The average Bonchev–Trinajstić information content (AvgIpc) is 3.18. The maximum absolute atomic E-state index is 12.5. The number of hydrogen-bond acceptors (Lipinski definition) is 9. The van der Waals surface area contributed by atoms with Gasteiger partial charge in [-0.3, -0.25) is 14.7 Å². The number of hydrogen-bond donors (Lipinski definition) is 1. The fourth-order valence-corrected chi connectivity index (χ4v) is 4.23. The van der Waals surface area contributed by atoms with E-state index in [-0.39, 0.29) is 12.5 Å². The first-order valence-electron chi connectivity index (χ1n) is 11.8. The Morgan fingerprint density at radius 2 is 1.82 bits per heavy atom. The number of nitrogens with one attached hydrogen (secondary N) is 1. The largest absolute Gasteiger partial charge is 0.462 e. The fraction of sp³-hybridized carbons (Fsp3) is 0.500. The molecule has 3 aliphatic rings. The second kappa shape index (κ2) is 10.5. The Balaban J connectivity index is 1.34. The van der Waals surface area contributed by atoms with E-state index in [0.29, 0.717) is 37.2 Å². The minimum Gasteiger partial charge on any atom is -0.462 e. The third-order valence-corrected chi connectivity index (χ3v) is 6.12. The quantitative estimate of drug-likeness (QED) is 0.651. The normalized spacial score (nSPS) is 19.9. The first-order valence-corrected chi connectivity index (χ1v) is 11.8. The molecule has 5 rings (SSSR count). The highest BCUT2D eigenvalue weighted by atomic mass is 16.5. The van der Waals surface area contributed by atoms with Gasteiger partial charge < -0.3 is 24.4 Å². The molecule has 2 aromatic rings. The molecular formula is C24H30N6O4. The lowest BCUT2D eigenvalue weighted by atomic mass is 10.1. The van der Waals surface area contributed by atoms with Crippen LogP contribution in [0.4, 0.5) is 11.5 Å². The van der Waals surface area contributed by atoms with Crippen LogP contribution in [0.15, 0.2) is 29.3 Å². The SMILES string of the molecule is Cc1ccc2c(c1)C(=NCc1cc(N3CCOCC3)nc(OCCN3CCOCC3)n1)C(=O)N2. The Hall–Kier alpha value is -3.08. The van der Waals surface area contributed by atoms with Gasteiger partial charge in [0.25, 0.3) is 5.91 Å². The maximum atomic E-state index is 12.5. The van der Waals surface area contributed by atoms with Gasteiger partial charge in [0.1, 0.15) is 18.1 Å². The highest BCUT2D eigenvalue weighted by Crippen LogP contribution is 2.25. The third kappa shape index (κ3) is 5.35. The number of morpholine rings is 2. The summed E-state index contributed by atoms with van der Waals surface area (Å²) >= 11 is 0. The van der Waals surface area contributed by atoms with Gasteiger partial charge in [-0.25, -0.2) is 0 Å². The topological polar surface area (TPSA) is 101 Å². The fourth-order valence-electron chi connectivity index (χ4n) is 4.23. The zero-order chi connectivity index (χ0) is 23.3. The van der Waals surface area contributed by atoms with Gasteiger partial charge in [0, 0.05) is 44.4 Å². The van der Waals surface area contributed by atoms with Crippen molar-refractivity contribution >= 4 is 23.1 Å². The number of aromatic nitrogens is 2. The van der Waals surface area contributed by atoms with E-state index < -0.39 is 0 Å². The average molecular weight is 467 g/mol. The number of aliphatic imine (C=N–C) groups is 1. The van der Waals surface area contributed by atoms with E-state index in [0.717, 1.165) is 68.6 Å². The van der Waals surface area contributed by atoms with E-state index in [1.54, 1.807) is 0 Å². The van der Waals surface area contributed by atoms with Gasteiger partial charge in [-0.2, -0.15) is 9.97 Å². The van der Waals surface area contributed by atoms with E-state index in [2.05, 4.69) is 30.1 Å². The lowest BCUT2D eigenvalue weighted by Gasteiger charge is -2.28. The minimum atomic E-state index is -0.190. The van der Waals surface area contributed by atoms with Crippen molar-refractivity contribution in [2.75, 3.05) is 76.0 Å². The second-order valence-electron chi connectivity index (χ2n) is 8.57. The monoisotopic (exact) mass is 466 g/mol. The predicted molar refractivity (Wildman–Crippen MR) is 128 cm³/mol. The lowest BCUT2D eigenvalue weighted by molar-refractivity contribution is -0.110. The number of ether oxygens (including phenoxy) is 3. The molecule has 2 saturated heterocycles. The molecule has 0 spiro atoms. The summed E-state index contributed by atoms with van der Waals surface area (Å²) in [5.41, 5.74) is 3.84. The van der Waals surface area contributed by atoms with Crippen molar-refractivity contribution in [2.45, 2.75) is 13.5 Å². The number of nitrogens with zero attached hydrogens (tertiary/aromatic N) is 5. The van der Waals surface area contributed by atoms with Crippen LogP contribution in [0, 0.1) is 6.92 Å². The van der Waals surface area contributed by atoms with Crippen LogP contribution in [-0.4, -0.2) is 92.2 Å². The van der Waals surface area contributed by atoms with Crippen LogP contribution in [0.25, 0.3) is 0 Å². The number of benzene rings is 1. The lowest BCUT2D eigenvalue weighted by Crippen LogP contribution is -2.39. The van der Waals surface area contributed by atoms with E-state index >= 15 is 0 Å². The van der Waals surface area contributed by atoms with E-state index in [1.165, 1.54) is 0 Å². The van der Waals surface area contributed by atoms with Crippen molar-refractivity contribution in [3.63, 3.8) is 0 Å². The summed E-state index contributed by atoms with van der Waals surface area (Å²) in [6.07, 6.45) is 0. The molecule has 10 nitrogen and oxygen atoms in total. The van der Waals surface area contributed by atoms with E-state index in [4.69, 9.17) is 14.2 Å². The first kappa shape index (κ1) is 22.7. The molecule has 0 atom stereocenters. The molecule has 1 amide bonds. The van der Waals surface area contributed by atoms with Crippen LogP contribution >= 0.6 is 0 Å². The molecule has 180 valence electrons. The summed E-state index contributed by atoms with van der Waals surface area (Å²) in [5, 5.41) is 2.88. The molecule has 0 bridgehead atoms. The first-order chi connectivity index (χ1) is 16.7. The zero-order valence-corrected chi connectivity index (χ0v) is 19.5. The number of carbonyl (C=O) groups is 1. The molecule has 0 unspecified atom stereocenters. The predicted octanol–water partition coefficient (Wildman–Crippen LogP) is 1.27. The zero-order valence-electron chi connectivity index (χ0n) is 19.5. The second-order valence-corrected chi connectivity index (χ2v) is 8.57. The van der Waals surface area contributed by atoms with Gasteiger partial charge in [0.05, 0.1) is 44.4 Å². The van der Waals surface area contributed by atoms with Gasteiger partial charge in [0.2, 0.25) is 0 Å². The summed E-state index contributed by atoms with van der Waals surface area (Å²) in [6, 6.07) is 8.12. The van der Waals surface area contributed by atoms with Crippen LogP contribution in [0.1, 0.15) is 16.8 Å². The van der Waals surface area contributed by atoms with Crippen molar-refractivity contribution in [1.82, 2.24) is 14.9 Å². The van der Waals surface area contributed by atoms with E-state index in [9.17, 15) is 4.79 Å². The van der Waals surface area contributed by atoms with Crippen LogP contribution in [0.2, 0.25) is 0 Å². The van der Waals surface area contributed by atoms with Gasteiger partial charge in [-0.15, -0.1) is 0 Å². The Morgan fingerprint density at radius 1 is 1.06 bits per heavy atom. The maximum Gasteiger partial charge on any atom is 0.318 e. The summed E-state index contributed by atoms with van der Waals surface area (Å²) < 4.78 is 16.8. The van der Waals surface area contributed by atoms with Crippen LogP contribution < -0.4 is 15.0 Å². The van der Waals surface area contributed by atoms with Crippen molar-refractivity contribution < 1.29 is 19.0 Å². The molecule has 4 heterocycles. The molecule has 3 aliphatic heterocycles. The highest BCUT2D eigenvalue weighted by Gasteiger charge is 2.26. The van der Waals surface area contributed by atoms with Crippen LogP contribution in [0.5, 0.6) is 6.01 Å². The number of rotatable bonds is 7. The molecule has 1 N–H and O–H groups in total. The van der Waals surface area contributed by atoms with Gasteiger partial charge >= 0.3 is 6.01 Å². The Bertz CT molecular complexity index is 1060. The number of aryl methyl sites for hydroxylation is 1.